The van der Waals surface area contributed by atoms with Crippen LogP contribution in [0.15, 0.2) is 66.2 Å². The van der Waals surface area contributed by atoms with Crippen molar-refractivity contribution in [1.29, 1.82) is 5.26 Å². The maximum Gasteiger partial charge on any atom is 0.266 e. The van der Waals surface area contributed by atoms with Crippen molar-refractivity contribution in [2.45, 2.75) is 20.0 Å². The van der Waals surface area contributed by atoms with Gasteiger partial charge in [-0.3, -0.25) is 4.79 Å². The molecule has 33 heavy (non-hydrogen) atoms. The molecular formula is C26H22Cl2N2O3. The molecule has 0 aliphatic rings. The van der Waals surface area contributed by atoms with Gasteiger partial charge < -0.3 is 14.8 Å². The maximum absolute atomic E-state index is 12.6. The highest BCUT2D eigenvalue weighted by Crippen LogP contribution is 2.38. The zero-order valence-electron chi connectivity index (χ0n) is 18.2. The standard InChI is InChI=1S/C26H22Cl2N2O3/c1-3-17-8-10-21(11-9-17)30-26(31)20(15-29)12-18-13-23(28)25(24(14-18)32-2)33-16-19-6-4-5-7-22(19)27/h4-14H,3,16H2,1-2H3,(H,30,31)/b20-12+. The number of nitrogens with one attached hydrogen (secondary N) is 1. The first-order valence-corrected chi connectivity index (χ1v) is 11.0. The van der Waals surface area contributed by atoms with Crippen LogP contribution < -0.4 is 14.8 Å². The number of carbonyl (C=O) groups is 1. The van der Waals surface area contributed by atoms with E-state index in [1.165, 1.54) is 13.2 Å². The predicted octanol–water partition coefficient (Wildman–Crippen LogP) is 6.69. The van der Waals surface area contributed by atoms with Crippen LogP contribution >= 0.6 is 23.2 Å². The van der Waals surface area contributed by atoms with Gasteiger partial charge in [0.05, 0.1) is 12.1 Å². The number of methoxy groups -OCH3 is 1. The van der Waals surface area contributed by atoms with Crippen LogP contribution in [-0.4, -0.2) is 13.0 Å². The van der Waals surface area contributed by atoms with Crippen molar-refractivity contribution in [2.75, 3.05) is 12.4 Å². The number of aryl methyl sites for hydroxylation is 1. The van der Waals surface area contributed by atoms with Gasteiger partial charge in [0.15, 0.2) is 11.5 Å². The van der Waals surface area contributed by atoms with Gasteiger partial charge in [-0.25, -0.2) is 0 Å². The van der Waals surface area contributed by atoms with E-state index in [0.717, 1.165) is 17.5 Å². The fourth-order valence-corrected chi connectivity index (χ4v) is 3.53. The highest BCUT2D eigenvalue weighted by molar-refractivity contribution is 6.32. The Morgan fingerprint density at radius 3 is 2.45 bits per heavy atom. The first-order chi connectivity index (χ1) is 15.9. The fourth-order valence-electron chi connectivity index (χ4n) is 3.07. The van der Waals surface area contributed by atoms with E-state index in [1.54, 1.807) is 30.3 Å². The van der Waals surface area contributed by atoms with Crippen molar-refractivity contribution in [2.24, 2.45) is 0 Å². The van der Waals surface area contributed by atoms with Crippen LogP contribution in [0.25, 0.3) is 6.08 Å². The molecule has 0 spiro atoms. The van der Waals surface area contributed by atoms with Crippen molar-refractivity contribution in [3.05, 3.63) is 93.0 Å². The number of nitrogens with zero attached hydrogens (tertiary/aromatic N) is 1. The minimum Gasteiger partial charge on any atom is -0.493 e. The van der Waals surface area contributed by atoms with Gasteiger partial charge in [-0.1, -0.05) is 60.5 Å². The zero-order chi connectivity index (χ0) is 23.8. The number of hydrogen-bond acceptors (Lipinski definition) is 4. The minimum absolute atomic E-state index is 0.0718. The lowest BCUT2D eigenvalue weighted by Gasteiger charge is -2.14. The highest BCUT2D eigenvalue weighted by Gasteiger charge is 2.15. The first-order valence-electron chi connectivity index (χ1n) is 10.2. The molecule has 0 aliphatic carbocycles. The lowest BCUT2D eigenvalue weighted by atomic mass is 10.1. The number of rotatable bonds is 8. The van der Waals surface area contributed by atoms with Crippen LogP contribution in [0.2, 0.25) is 10.0 Å². The maximum atomic E-state index is 12.6. The van der Waals surface area contributed by atoms with Crippen LogP contribution in [0.3, 0.4) is 0 Å². The van der Waals surface area contributed by atoms with E-state index in [4.69, 9.17) is 32.7 Å². The van der Waals surface area contributed by atoms with Gasteiger partial charge in [0, 0.05) is 16.3 Å². The average Bonchev–Trinajstić information content (AvgIpc) is 2.82. The molecule has 0 unspecified atom stereocenters. The molecule has 0 saturated heterocycles. The molecule has 0 saturated carbocycles. The van der Waals surface area contributed by atoms with Gasteiger partial charge in [0.1, 0.15) is 18.2 Å². The Morgan fingerprint density at radius 2 is 1.82 bits per heavy atom. The highest BCUT2D eigenvalue weighted by atomic mass is 35.5. The Labute approximate surface area is 203 Å². The third-order valence-corrected chi connectivity index (χ3v) is 5.53. The molecule has 7 heteroatoms. The van der Waals surface area contributed by atoms with Crippen molar-refractivity contribution in [3.8, 4) is 17.6 Å². The summed E-state index contributed by atoms with van der Waals surface area (Å²) in [4.78, 5) is 12.6. The molecule has 3 rings (SSSR count). The smallest absolute Gasteiger partial charge is 0.266 e. The van der Waals surface area contributed by atoms with E-state index in [2.05, 4.69) is 12.2 Å². The third-order valence-electron chi connectivity index (χ3n) is 4.88. The molecule has 3 aromatic carbocycles. The van der Waals surface area contributed by atoms with E-state index in [1.807, 2.05) is 36.4 Å². The quantitative estimate of drug-likeness (QED) is 0.288. The number of amides is 1. The molecule has 168 valence electrons. The normalized spacial score (nSPS) is 10.9. The summed E-state index contributed by atoms with van der Waals surface area (Å²) in [6.07, 6.45) is 2.35. The molecule has 0 heterocycles. The lowest BCUT2D eigenvalue weighted by molar-refractivity contribution is -0.112. The van der Waals surface area contributed by atoms with Crippen LogP contribution in [0.5, 0.6) is 11.5 Å². The van der Waals surface area contributed by atoms with E-state index in [9.17, 15) is 10.1 Å². The summed E-state index contributed by atoms with van der Waals surface area (Å²) >= 11 is 12.6. The number of halogens is 2. The van der Waals surface area contributed by atoms with Crippen LogP contribution in [0.4, 0.5) is 5.69 Å². The van der Waals surface area contributed by atoms with Crippen molar-refractivity contribution in [1.82, 2.24) is 0 Å². The molecule has 0 atom stereocenters. The molecule has 1 amide bonds. The molecule has 0 aliphatic heterocycles. The largest absolute Gasteiger partial charge is 0.493 e. The van der Waals surface area contributed by atoms with Crippen LogP contribution in [0, 0.1) is 11.3 Å². The Hall–Kier alpha value is -3.46. The zero-order valence-corrected chi connectivity index (χ0v) is 19.7. The molecular weight excluding hydrogens is 459 g/mol. The van der Waals surface area contributed by atoms with Gasteiger partial charge in [0.2, 0.25) is 0 Å². The van der Waals surface area contributed by atoms with Gasteiger partial charge in [-0.2, -0.15) is 5.26 Å². The third kappa shape index (κ3) is 6.29. The van der Waals surface area contributed by atoms with Gasteiger partial charge in [0.25, 0.3) is 5.91 Å². The second-order valence-corrected chi connectivity index (χ2v) is 7.90. The summed E-state index contributed by atoms with van der Waals surface area (Å²) in [5.41, 5.74) is 3.02. The predicted molar refractivity (Wildman–Crippen MR) is 132 cm³/mol. The molecule has 3 aromatic rings. The summed E-state index contributed by atoms with van der Waals surface area (Å²) < 4.78 is 11.3. The van der Waals surface area contributed by atoms with E-state index in [-0.39, 0.29) is 17.2 Å². The monoisotopic (exact) mass is 480 g/mol. The fraction of sp³-hybridized carbons (Fsp3) is 0.154. The summed E-state index contributed by atoms with van der Waals surface area (Å²) in [5, 5.41) is 13.1. The Bertz CT molecular complexity index is 1220. The molecule has 5 nitrogen and oxygen atoms in total. The van der Waals surface area contributed by atoms with Gasteiger partial charge in [-0.05, 0) is 54.0 Å². The molecule has 0 radical (unpaired) electrons. The van der Waals surface area contributed by atoms with Crippen LogP contribution in [0.1, 0.15) is 23.6 Å². The summed E-state index contributed by atoms with van der Waals surface area (Å²) in [7, 11) is 1.49. The molecule has 0 bridgehead atoms. The van der Waals surface area contributed by atoms with E-state index in [0.29, 0.717) is 27.8 Å². The Kier molecular flexibility index (Phi) is 8.37. The van der Waals surface area contributed by atoms with Crippen molar-refractivity contribution < 1.29 is 14.3 Å². The minimum atomic E-state index is -0.518. The number of nitriles is 1. The number of anilines is 1. The topological polar surface area (TPSA) is 71.4 Å². The second kappa shape index (κ2) is 11.4. The lowest BCUT2D eigenvalue weighted by Crippen LogP contribution is -2.13. The Morgan fingerprint density at radius 1 is 1.09 bits per heavy atom. The van der Waals surface area contributed by atoms with Crippen molar-refractivity contribution >= 4 is 40.9 Å². The van der Waals surface area contributed by atoms with E-state index >= 15 is 0 Å². The number of ether oxygens (including phenoxy) is 2. The first kappa shape index (κ1) is 24.2. The molecule has 0 aromatic heterocycles. The number of hydrogen-bond donors (Lipinski definition) is 1. The number of carbonyl (C=O) groups excluding carboxylic acids is 1. The summed E-state index contributed by atoms with van der Waals surface area (Å²) in [6, 6.07) is 20.0. The molecule has 0 fully saturated rings. The van der Waals surface area contributed by atoms with Gasteiger partial charge in [-0.15, -0.1) is 0 Å². The number of benzene rings is 3. The molecule has 1 N–H and O–H groups in total. The van der Waals surface area contributed by atoms with Crippen molar-refractivity contribution in [3.63, 3.8) is 0 Å². The SMILES string of the molecule is CCc1ccc(NC(=O)/C(C#N)=C/c2cc(Cl)c(OCc3ccccc3Cl)c(OC)c2)cc1. The Balaban J connectivity index is 1.80. The summed E-state index contributed by atoms with van der Waals surface area (Å²) in [6.45, 7) is 2.25. The van der Waals surface area contributed by atoms with Crippen LogP contribution in [-0.2, 0) is 17.8 Å². The van der Waals surface area contributed by atoms with E-state index < -0.39 is 5.91 Å². The van der Waals surface area contributed by atoms with Gasteiger partial charge >= 0.3 is 0 Å². The second-order valence-electron chi connectivity index (χ2n) is 7.09. The summed E-state index contributed by atoms with van der Waals surface area (Å²) in [5.74, 6) is 0.194. The average molecular weight is 481 g/mol.